The third-order valence-electron chi connectivity index (χ3n) is 3.15. The molecule has 25 heavy (non-hydrogen) atoms. The summed E-state index contributed by atoms with van der Waals surface area (Å²) in [5.74, 6) is -0.472. The van der Waals surface area contributed by atoms with Gasteiger partial charge in [-0.15, -0.1) is 0 Å². The summed E-state index contributed by atoms with van der Waals surface area (Å²) in [7, 11) is 0. The Labute approximate surface area is 145 Å². The summed E-state index contributed by atoms with van der Waals surface area (Å²) in [6.45, 7) is 5.32. The first-order valence-electron chi connectivity index (χ1n) is 7.89. The second-order valence-electron chi connectivity index (χ2n) is 6.60. The molecule has 0 bridgehead atoms. The number of benzene rings is 1. The van der Waals surface area contributed by atoms with Crippen molar-refractivity contribution in [2.45, 2.75) is 45.3 Å². The van der Waals surface area contributed by atoms with Gasteiger partial charge in [-0.2, -0.15) is 5.10 Å². The van der Waals surface area contributed by atoms with E-state index in [9.17, 15) is 9.59 Å². The van der Waals surface area contributed by atoms with E-state index in [1.165, 1.54) is 0 Å². The fraction of sp³-hybridized carbons (Fsp3) is 0.412. The van der Waals surface area contributed by atoms with Crippen LogP contribution in [-0.2, 0) is 22.4 Å². The minimum absolute atomic E-state index is 0.228. The van der Waals surface area contributed by atoms with Crippen molar-refractivity contribution in [1.29, 1.82) is 0 Å². The number of alkyl carbamates (subject to hydrolysis) is 1. The highest BCUT2D eigenvalue weighted by Gasteiger charge is 2.24. The number of ether oxygens (including phenoxy) is 1. The van der Waals surface area contributed by atoms with Gasteiger partial charge in [0.25, 0.3) is 0 Å². The van der Waals surface area contributed by atoms with E-state index in [1.807, 2.05) is 30.3 Å². The molecule has 8 nitrogen and oxygen atoms in total. The maximum atomic E-state index is 12.1. The molecule has 1 atom stereocenters. The van der Waals surface area contributed by atoms with Crippen LogP contribution < -0.4 is 5.32 Å². The fourth-order valence-corrected chi connectivity index (χ4v) is 2.19. The summed E-state index contributed by atoms with van der Waals surface area (Å²) in [5.41, 5.74) is 0.350. The number of hydrogen-bond acceptors (Lipinski definition) is 5. The van der Waals surface area contributed by atoms with Gasteiger partial charge in [-0.3, -0.25) is 9.89 Å². The lowest BCUT2D eigenvalue weighted by Gasteiger charge is -2.22. The molecule has 0 fully saturated rings. The van der Waals surface area contributed by atoms with Crippen LogP contribution >= 0.6 is 0 Å². The molecule has 1 heterocycles. The van der Waals surface area contributed by atoms with E-state index < -0.39 is 23.7 Å². The van der Waals surface area contributed by atoms with Crippen LogP contribution in [0.1, 0.15) is 44.0 Å². The second-order valence-corrected chi connectivity index (χ2v) is 6.60. The number of carboxylic acids is 1. The van der Waals surface area contributed by atoms with Gasteiger partial charge in [-0.1, -0.05) is 30.3 Å². The van der Waals surface area contributed by atoms with E-state index in [0.29, 0.717) is 12.2 Å². The number of hydrogen-bond donors (Lipinski definition) is 3. The van der Waals surface area contributed by atoms with Gasteiger partial charge in [0, 0.05) is 6.42 Å². The van der Waals surface area contributed by atoms with Crippen molar-refractivity contribution in [3.63, 3.8) is 0 Å². The van der Waals surface area contributed by atoms with Gasteiger partial charge in [-0.25, -0.2) is 9.78 Å². The molecule has 0 aliphatic heterocycles. The van der Waals surface area contributed by atoms with Crippen LogP contribution in [0, 0.1) is 0 Å². The number of aromatic amines is 1. The molecule has 134 valence electrons. The normalized spacial score (nSPS) is 12.4. The zero-order valence-electron chi connectivity index (χ0n) is 14.4. The standard InChI is InChI=1S/C17H22N4O4/c1-17(2,3)25-16(24)18-12(9-11-7-5-4-6-8-11)15-19-13(20-21-15)10-14(22)23/h4-8,12H,9-10H2,1-3H3,(H,18,24)(H,22,23)(H,19,20,21)/t12-/m0/s1. The molecule has 0 saturated carbocycles. The van der Waals surface area contributed by atoms with Gasteiger partial charge in [-0.05, 0) is 26.3 Å². The molecule has 1 aromatic heterocycles. The Morgan fingerprint density at radius 1 is 1.28 bits per heavy atom. The van der Waals surface area contributed by atoms with Gasteiger partial charge in [0.15, 0.2) is 5.82 Å². The highest BCUT2D eigenvalue weighted by Crippen LogP contribution is 2.17. The highest BCUT2D eigenvalue weighted by molar-refractivity contribution is 5.69. The molecule has 1 amide bonds. The fourth-order valence-electron chi connectivity index (χ4n) is 2.19. The molecule has 1 aromatic carbocycles. The van der Waals surface area contributed by atoms with Crippen molar-refractivity contribution in [1.82, 2.24) is 20.5 Å². The summed E-state index contributed by atoms with van der Waals surface area (Å²) in [6, 6.07) is 9.00. The number of rotatable bonds is 6. The Morgan fingerprint density at radius 3 is 2.56 bits per heavy atom. The van der Waals surface area contributed by atoms with Crippen LogP contribution in [0.25, 0.3) is 0 Å². The van der Waals surface area contributed by atoms with Gasteiger partial charge >= 0.3 is 12.1 Å². The van der Waals surface area contributed by atoms with Crippen LogP contribution in [0.15, 0.2) is 30.3 Å². The number of carbonyl (C=O) groups excluding carboxylic acids is 1. The number of amides is 1. The summed E-state index contributed by atoms with van der Waals surface area (Å²) < 4.78 is 5.29. The van der Waals surface area contributed by atoms with E-state index in [-0.39, 0.29) is 12.2 Å². The number of nitrogens with one attached hydrogen (secondary N) is 2. The van der Waals surface area contributed by atoms with E-state index in [0.717, 1.165) is 5.56 Å². The number of aliphatic carboxylic acids is 1. The van der Waals surface area contributed by atoms with Gasteiger partial charge in [0.05, 0.1) is 6.04 Å². The SMILES string of the molecule is CC(C)(C)OC(=O)N[C@@H](Cc1ccccc1)c1n[nH]c(CC(=O)O)n1. The maximum Gasteiger partial charge on any atom is 0.408 e. The average molecular weight is 346 g/mol. The quantitative estimate of drug-likeness (QED) is 0.738. The Kier molecular flexibility index (Phi) is 5.74. The summed E-state index contributed by atoms with van der Waals surface area (Å²) in [6.07, 6.45) is -0.403. The van der Waals surface area contributed by atoms with Crippen LogP contribution in [0.4, 0.5) is 4.79 Å². The van der Waals surface area contributed by atoms with Gasteiger partial charge in [0.1, 0.15) is 17.8 Å². The number of nitrogens with zero attached hydrogens (tertiary/aromatic N) is 2. The van der Waals surface area contributed by atoms with Crippen LogP contribution in [0.3, 0.4) is 0 Å². The lowest BCUT2D eigenvalue weighted by atomic mass is 10.1. The summed E-state index contributed by atoms with van der Waals surface area (Å²) in [4.78, 5) is 27.1. The molecular formula is C17H22N4O4. The highest BCUT2D eigenvalue weighted by atomic mass is 16.6. The minimum atomic E-state index is -1.01. The molecule has 8 heteroatoms. The lowest BCUT2D eigenvalue weighted by molar-refractivity contribution is -0.136. The van der Waals surface area contributed by atoms with Gasteiger partial charge < -0.3 is 15.2 Å². The minimum Gasteiger partial charge on any atom is -0.481 e. The molecule has 0 saturated heterocycles. The third kappa shape index (κ3) is 6.25. The summed E-state index contributed by atoms with van der Waals surface area (Å²) in [5, 5.41) is 18.2. The van der Waals surface area contributed by atoms with Crippen molar-refractivity contribution in [3.8, 4) is 0 Å². The zero-order chi connectivity index (χ0) is 18.4. The Hall–Kier alpha value is -2.90. The largest absolute Gasteiger partial charge is 0.481 e. The predicted octanol–water partition coefficient (Wildman–Crippen LogP) is 2.24. The number of carbonyl (C=O) groups is 2. The molecule has 0 aliphatic carbocycles. The zero-order valence-corrected chi connectivity index (χ0v) is 14.4. The molecule has 2 aromatic rings. The van der Waals surface area contributed by atoms with Crippen molar-refractivity contribution in [3.05, 3.63) is 47.5 Å². The van der Waals surface area contributed by atoms with Crippen LogP contribution in [-0.4, -0.2) is 38.0 Å². The first-order chi connectivity index (χ1) is 11.7. The molecule has 3 N–H and O–H groups in total. The molecule has 0 radical (unpaired) electrons. The van der Waals surface area contributed by atoms with E-state index in [2.05, 4.69) is 20.5 Å². The Bertz CT molecular complexity index is 722. The van der Waals surface area contributed by atoms with Crippen LogP contribution in [0.5, 0.6) is 0 Å². The number of H-pyrrole nitrogens is 1. The summed E-state index contributed by atoms with van der Waals surface area (Å²) >= 11 is 0. The van der Waals surface area contributed by atoms with Crippen molar-refractivity contribution in [2.24, 2.45) is 0 Å². The first kappa shape index (κ1) is 18.4. The number of aromatic nitrogens is 3. The molecular weight excluding hydrogens is 324 g/mol. The van der Waals surface area contributed by atoms with Crippen molar-refractivity contribution >= 4 is 12.1 Å². The van der Waals surface area contributed by atoms with Gasteiger partial charge in [0.2, 0.25) is 0 Å². The van der Waals surface area contributed by atoms with E-state index in [4.69, 9.17) is 9.84 Å². The Morgan fingerprint density at radius 2 is 1.96 bits per heavy atom. The molecule has 0 unspecified atom stereocenters. The molecule has 2 rings (SSSR count). The lowest BCUT2D eigenvalue weighted by Crippen LogP contribution is -2.36. The average Bonchev–Trinajstić information content (AvgIpc) is 2.93. The number of carboxylic acid groups (broad SMARTS) is 1. The second kappa shape index (κ2) is 7.78. The molecule has 0 spiro atoms. The maximum absolute atomic E-state index is 12.1. The monoisotopic (exact) mass is 346 g/mol. The third-order valence-corrected chi connectivity index (χ3v) is 3.15. The van der Waals surface area contributed by atoms with E-state index >= 15 is 0 Å². The predicted molar refractivity (Wildman–Crippen MR) is 90.0 cm³/mol. The smallest absolute Gasteiger partial charge is 0.408 e. The molecule has 0 aliphatic rings. The van der Waals surface area contributed by atoms with Crippen molar-refractivity contribution < 1.29 is 19.4 Å². The topological polar surface area (TPSA) is 117 Å². The van der Waals surface area contributed by atoms with Crippen molar-refractivity contribution in [2.75, 3.05) is 0 Å². The van der Waals surface area contributed by atoms with Crippen LogP contribution in [0.2, 0.25) is 0 Å². The van der Waals surface area contributed by atoms with E-state index in [1.54, 1.807) is 20.8 Å². The first-order valence-corrected chi connectivity index (χ1v) is 7.89. The Balaban J connectivity index is 2.17.